The van der Waals surface area contributed by atoms with E-state index in [4.69, 9.17) is 14.2 Å². The van der Waals surface area contributed by atoms with Crippen LogP contribution in [0.5, 0.6) is 0 Å². The average molecular weight is 465 g/mol. The molecule has 0 radical (unpaired) electrons. The quantitative estimate of drug-likeness (QED) is 0.440. The number of aliphatic hydroxyl groups is 3. The Labute approximate surface area is 198 Å². The maximum Gasteiger partial charge on any atom is 0.338 e. The summed E-state index contributed by atoms with van der Waals surface area (Å²) in [5.41, 5.74) is 1.96. The Bertz CT molecular complexity index is 1030. The molecule has 0 aromatic heterocycles. The van der Waals surface area contributed by atoms with Crippen LogP contribution in [0.4, 0.5) is 0 Å². The van der Waals surface area contributed by atoms with E-state index in [0.29, 0.717) is 0 Å². The summed E-state index contributed by atoms with van der Waals surface area (Å²) in [5, 5.41) is 32.8. The van der Waals surface area contributed by atoms with E-state index in [1.807, 2.05) is 60.7 Å². The maximum atomic E-state index is 12.7. The van der Waals surface area contributed by atoms with Crippen LogP contribution >= 0.6 is 0 Å². The Hall–Kier alpha value is -3.07. The second kappa shape index (κ2) is 11.4. The third-order valence-electron chi connectivity index (χ3n) is 5.84. The van der Waals surface area contributed by atoms with E-state index in [-0.39, 0.29) is 18.8 Å². The first-order valence-corrected chi connectivity index (χ1v) is 11.2. The lowest BCUT2D eigenvalue weighted by atomic mass is 9.84. The maximum absolute atomic E-state index is 12.7. The highest BCUT2D eigenvalue weighted by Crippen LogP contribution is 2.30. The van der Waals surface area contributed by atoms with Crippen molar-refractivity contribution >= 4 is 5.97 Å². The number of carbonyl (C=O) groups excluding carboxylic acids is 1. The second-order valence-corrected chi connectivity index (χ2v) is 8.23. The number of hydrogen-bond acceptors (Lipinski definition) is 7. The molecule has 6 atom stereocenters. The molecule has 1 saturated carbocycles. The first kappa shape index (κ1) is 24.1. The molecule has 0 amide bonds. The number of hydrogen-bond donors (Lipinski definition) is 3. The van der Waals surface area contributed by atoms with Gasteiger partial charge in [-0.2, -0.15) is 0 Å². The van der Waals surface area contributed by atoms with Gasteiger partial charge in [-0.1, -0.05) is 78.9 Å². The van der Waals surface area contributed by atoms with Gasteiger partial charge in [0.2, 0.25) is 0 Å². The highest BCUT2D eigenvalue weighted by atomic mass is 16.6. The molecule has 0 bridgehead atoms. The molecule has 1 fully saturated rings. The van der Waals surface area contributed by atoms with Crippen LogP contribution < -0.4 is 0 Å². The molecule has 0 aliphatic heterocycles. The van der Waals surface area contributed by atoms with Crippen LogP contribution in [-0.2, 0) is 27.4 Å². The van der Waals surface area contributed by atoms with Crippen LogP contribution in [-0.4, -0.2) is 57.9 Å². The monoisotopic (exact) mass is 464 g/mol. The minimum Gasteiger partial charge on any atom is -0.453 e. The first-order valence-electron chi connectivity index (χ1n) is 11.2. The number of carbonyl (C=O) groups is 1. The zero-order valence-corrected chi connectivity index (χ0v) is 18.5. The number of ether oxygens (including phenoxy) is 3. The third kappa shape index (κ3) is 5.70. The summed E-state index contributed by atoms with van der Waals surface area (Å²) >= 11 is 0. The molecule has 4 rings (SSSR count). The minimum atomic E-state index is -1.53. The molecule has 7 heteroatoms. The van der Waals surface area contributed by atoms with Gasteiger partial charge in [0.1, 0.15) is 30.5 Å². The minimum absolute atomic E-state index is 0.107. The van der Waals surface area contributed by atoms with Crippen molar-refractivity contribution in [2.45, 2.75) is 49.8 Å². The summed E-state index contributed by atoms with van der Waals surface area (Å²) < 4.78 is 17.3. The van der Waals surface area contributed by atoms with Gasteiger partial charge >= 0.3 is 5.97 Å². The van der Waals surface area contributed by atoms with E-state index in [0.717, 1.165) is 11.1 Å². The van der Waals surface area contributed by atoms with Crippen molar-refractivity contribution in [3.63, 3.8) is 0 Å². The molecule has 3 N–H and O–H groups in total. The molecule has 34 heavy (non-hydrogen) atoms. The molecule has 0 saturated heterocycles. The van der Waals surface area contributed by atoms with E-state index < -0.39 is 42.6 Å². The van der Waals surface area contributed by atoms with Gasteiger partial charge in [-0.25, -0.2) is 4.79 Å². The Balaban J connectivity index is 1.53. The summed E-state index contributed by atoms with van der Waals surface area (Å²) in [6.07, 6.45) is -7.98. The third-order valence-corrected chi connectivity index (χ3v) is 5.84. The van der Waals surface area contributed by atoms with Crippen molar-refractivity contribution in [1.82, 2.24) is 0 Å². The summed E-state index contributed by atoms with van der Waals surface area (Å²) in [6.45, 7) is 0.225. The fourth-order valence-electron chi connectivity index (χ4n) is 3.99. The SMILES string of the molecule is O=C(O[C@H]1[C@@H](O)[C@@H](O)[C@H](OCc2ccccc2)[C@@H](O)[C@@H]1OCc1ccccc1)c1ccccc1. The van der Waals surface area contributed by atoms with Crippen LogP contribution in [0, 0.1) is 0 Å². The van der Waals surface area contributed by atoms with Crippen LogP contribution in [0.1, 0.15) is 21.5 Å². The number of benzene rings is 3. The van der Waals surface area contributed by atoms with Crippen molar-refractivity contribution < 1.29 is 34.3 Å². The fourth-order valence-corrected chi connectivity index (χ4v) is 3.99. The highest BCUT2D eigenvalue weighted by molar-refractivity contribution is 5.89. The van der Waals surface area contributed by atoms with Crippen LogP contribution in [0.2, 0.25) is 0 Å². The van der Waals surface area contributed by atoms with E-state index in [1.54, 1.807) is 30.3 Å². The zero-order valence-electron chi connectivity index (χ0n) is 18.5. The van der Waals surface area contributed by atoms with Gasteiger partial charge < -0.3 is 29.5 Å². The van der Waals surface area contributed by atoms with E-state index in [9.17, 15) is 20.1 Å². The summed E-state index contributed by atoms with van der Waals surface area (Å²) in [4.78, 5) is 12.7. The molecule has 0 unspecified atom stereocenters. The van der Waals surface area contributed by atoms with E-state index >= 15 is 0 Å². The largest absolute Gasteiger partial charge is 0.453 e. The highest BCUT2D eigenvalue weighted by Gasteiger charge is 2.52. The molecule has 0 spiro atoms. The molecule has 3 aromatic rings. The summed E-state index contributed by atoms with van der Waals surface area (Å²) in [7, 11) is 0. The van der Waals surface area contributed by atoms with Crippen molar-refractivity contribution in [1.29, 1.82) is 0 Å². The topological polar surface area (TPSA) is 105 Å². The number of aliphatic hydroxyl groups excluding tert-OH is 3. The van der Waals surface area contributed by atoms with Gasteiger partial charge in [0, 0.05) is 0 Å². The Kier molecular flexibility index (Phi) is 8.05. The van der Waals surface area contributed by atoms with Crippen molar-refractivity contribution in [2.75, 3.05) is 0 Å². The lowest BCUT2D eigenvalue weighted by Crippen LogP contribution is -2.65. The average Bonchev–Trinajstić information content (AvgIpc) is 2.88. The van der Waals surface area contributed by atoms with Gasteiger partial charge in [0.05, 0.1) is 18.8 Å². The summed E-state index contributed by atoms with van der Waals surface area (Å²) in [6, 6.07) is 26.9. The Morgan fingerprint density at radius 3 is 1.56 bits per heavy atom. The molecular weight excluding hydrogens is 436 g/mol. The van der Waals surface area contributed by atoms with Crippen LogP contribution in [0.25, 0.3) is 0 Å². The molecule has 3 aromatic carbocycles. The summed E-state index contributed by atoms with van der Waals surface area (Å²) in [5.74, 6) is -0.694. The molecule has 178 valence electrons. The van der Waals surface area contributed by atoms with Crippen LogP contribution in [0.15, 0.2) is 91.0 Å². The van der Waals surface area contributed by atoms with Crippen molar-refractivity contribution in [3.8, 4) is 0 Å². The molecule has 0 heterocycles. The lowest BCUT2D eigenvalue weighted by Gasteiger charge is -2.44. The Morgan fingerprint density at radius 2 is 1.03 bits per heavy atom. The lowest BCUT2D eigenvalue weighted by molar-refractivity contribution is -0.250. The fraction of sp³-hybridized carbons (Fsp3) is 0.296. The molecule has 1 aliphatic rings. The number of rotatable bonds is 8. The Morgan fingerprint density at radius 1 is 0.588 bits per heavy atom. The van der Waals surface area contributed by atoms with Gasteiger partial charge in [0.15, 0.2) is 6.10 Å². The van der Waals surface area contributed by atoms with Crippen molar-refractivity contribution in [2.24, 2.45) is 0 Å². The van der Waals surface area contributed by atoms with Crippen molar-refractivity contribution in [3.05, 3.63) is 108 Å². The molecular formula is C27H28O7. The van der Waals surface area contributed by atoms with Gasteiger partial charge in [-0.05, 0) is 23.3 Å². The standard InChI is InChI=1S/C27H28O7/c28-21-22(29)26(34-27(31)20-14-8-3-9-15-20)25(33-17-19-12-6-2-7-13-19)23(30)24(21)32-16-18-10-4-1-5-11-18/h1-15,21-26,28-30H,16-17H2/t21-,22+,23-,24+,25+,26+/m1/s1. The molecule has 7 nitrogen and oxygen atoms in total. The number of esters is 1. The first-order chi connectivity index (χ1) is 16.5. The van der Waals surface area contributed by atoms with E-state index in [1.165, 1.54) is 0 Å². The predicted octanol–water partition coefficient (Wildman–Crippen LogP) is 2.48. The zero-order chi connectivity index (χ0) is 23.9. The van der Waals surface area contributed by atoms with Gasteiger partial charge in [-0.15, -0.1) is 0 Å². The predicted molar refractivity (Wildman–Crippen MR) is 124 cm³/mol. The molecule has 1 aliphatic carbocycles. The second-order valence-electron chi connectivity index (χ2n) is 8.23. The van der Waals surface area contributed by atoms with Crippen LogP contribution in [0.3, 0.4) is 0 Å². The van der Waals surface area contributed by atoms with Gasteiger partial charge in [-0.3, -0.25) is 0 Å². The van der Waals surface area contributed by atoms with E-state index in [2.05, 4.69) is 0 Å². The smallest absolute Gasteiger partial charge is 0.338 e. The normalized spacial score (nSPS) is 26.7. The van der Waals surface area contributed by atoms with Gasteiger partial charge in [0.25, 0.3) is 0 Å².